The molecule has 1 aliphatic rings. The fourth-order valence-electron chi connectivity index (χ4n) is 3.37. The van der Waals surface area contributed by atoms with Gasteiger partial charge < -0.3 is 9.47 Å². The van der Waals surface area contributed by atoms with Crippen LogP contribution in [-0.4, -0.2) is 35.6 Å². The van der Waals surface area contributed by atoms with Gasteiger partial charge in [-0.15, -0.1) is 0 Å². The second-order valence-corrected chi connectivity index (χ2v) is 7.05. The topological polar surface area (TPSA) is 88.9 Å². The Morgan fingerprint density at radius 2 is 1.42 bits per heavy atom. The molecule has 1 aliphatic heterocycles. The average molecular weight is 418 g/mol. The predicted octanol–water partition coefficient (Wildman–Crippen LogP) is 3.30. The van der Waals surface area contributed by atoms with Crippen LogP contribution in [0.3, 0.4) is 0 Å². The van der Waals surface area contributed by atoms with Crippen molar-refractivity contribution >= 4 is 23.4 Å². The molecule has 0 fully saturated rings. The second-order valence-electron chi connectivity index (χ2n) is 7.05. The summed E-state index contributed by atoms with van der Waals surface area (Å²) in [7, 11) is 3.17. The number of anilines is 1. The number of nitrogens with one attached hydrogen (secondary N) is 1. The molecule has 0 saturated carbocycles. The Morgan fingerprint density at radius 3 is 1.97 bits per heavy atom. The molecule has 1 N–H and O–H groups in total. The molecule has 0 bridgehead atoms. The number of aryl methyl sites for hydroxylation is 1. The maximum atomic E-state index is 13.0. The fourth-order valence-corrected chi connectivity index (χ4v) is 3.37. The summed E-state index contributed by atoms with van der Waals surface area (Å²) in [4.78, 5) is 26.1. The summed E-state index contributed by atoms with van der Waals surface area (Å²) in [5, 5.41) is 8.76. The molecule has 2 aromatic carbocycles. The molecule has 0 saturated heterocycles. The number of aromatic nitrogens is 2. The van der Waals surface area contributed by atoms with Crippen molar-refractivity contribution in [1.29, 1.82) is 0 Å². The van der Waals surface area contributed by atoms with E-state index in [4.69, 9.17) is 9.47 Å². The molecule has 31 heavy (non-hydrogen) atoms. The molecule has 158 valence electrons. The van der Waals surface area contributed by atoms with Crippen LogP contribution < -0.4 is 20.0 Å². The smallest absolute Gasteiger partial charge is 0.280 e. The van der Waals surface area contributed by atoms with Crippen LogP contribution in [0.15, 0.2) is 64.0 Å². The van der Waals surface area contributed by atoms with Gasteiger partial charge in [-0.2, -0.15) is 10.1 Å². The van der Waals surface area contributed by atoms with Gasteiger partial charge in [0.25, 0.3) is 11.5 Å². The molecule has 0 aliphatic carbocycles. The molecule has 8 heteroatoms. The van der Waals surface area contributed by atoms with Gasteiger partial charge in [0, 0.05) is 5.69 Å². The molecule has 0 radical (unpaired) electrons. The van der Waals surface area contributed by atoms with Gasteiger partial charge in [0.15, 0.2) is 0 Å². The Balaban J connectivity index is 1.68. The first-order valence-corrected chi connectivity index (χ1v) is 9.64. The largest absolute Gasteiger partial charge is 0.497 e. The molecule has 0 spiro atoms. The molecule has 8 nitrogen and oxygen atoms in total. The molecule has 1 aromatic heterocycles. The summed E-state index contributed by atoms with van der Waals surface area (Å²) in [6.45, 7) is 3.54. The summed E-state index contributed by atoms with van der Waals surface area (Å²) >= 11 is 0. The van der Waals surface area contributed by atoms with Crippen molar-refractivity contribution in [2.75, 3.05) is 19.2 Å². The third-order valence-electron chi connectivity index (χ3n) is 5.12. The number of amides is 1. The van der Waals surface area contributed by atoms with E-state index < -0.39 is 0 Å². The van der Waals surface area contributed by atoms with Gasteiger partial charge in [0.1, 0.15) is 11.5 Å². The average Bonchev–Trinajstić information content (AvgIpc) is 3.24. The van der Waals surface area contributed by atoms with Gasteiger partial charge in [0.05, 0.1) is 42.4 Å². The maximum Gasteiger partial charge on any atom is 0.280 e. The molecule has 1 amide bonds. The number of hydrogen-bond acceptors (Lipinski definition) is 5. The third kappa shape index (κ3) is 3.63. The number of H-pyrrole nitrogens is 1. The number of ether oxygens (including phenoxy) is 2. The number of benzene rings is 2. The number of methoxy groups -OCH3 is 2. The third-order valence-corrected chi connectivity index (χ3v) is 5.12. The number of carbonyl (C=O) groups is 1. The Morgan fingerprint density at radius 1 is 0.871 bits per heavy atom. The normalized spacial score (nSPS) is 14.8. The summed E-state index contributed by atoms with van der Waals surface area (Å²) in [5.41, 5.74) is 3.01. The van der Waals surface area contributed by atoms with E-state index in [-0.39, 0.29) is 11.5 Å². The van der Waals surface area contributed by atoms with Crippen LogP contribution in [0.25, 0.3) is 11.8 Å². The molecule has 0 unspecified atom stereocenters. The highest BCUT2D eigenvalue weighted by Crippen LogP contribution is 2.26. The molecule has 4 rings (SSSR count). The highest BCUT2D eigenvalue weighted by atomic mass is 16.5. The molecular weight excluding hydrogens is 396 g/mol. The Kier molecular flexibility index (Phi) is 5.21. The van der Waals surface area contributed by atoms with Crippen LogP contribution in [0.5, 0.6) is 11.5 Å². The molecule has 0 atom stereocenters. The first kappa shape index (κ1) is 20.2. The molecule has 3 aromatic rings. The first-order chi connectivity index (χ1) is 14.9. The SMILES string of the molecule is COc1ccc(N2N=C(C)/C(=C\c3c(C)[nH]n(-c4ccc(OC)cc4)c3=O)C2=O)cc1. The van der Waals surface area contributed by atoms with Crippen LogP contribution in [-0.2, 0) is 4.79 Å². The summed E-state index contributed by atoms with van der Waals surface area (Å²) in [5.74, 6) is 1.09. The van der Waals surface area contributed by atoms with Crippen LogP contribution >= 0.6 is 0 Å². The maximum absolute atomic E-state index is 13.0. The van der Waals surface area contributed by atoms with E-state index in [0.29, 0.717) is 45.4 Å². The zero-order chi connectivity index (χ0) is 22.1. The van der Waals surface area contributed by atoms with Crippen LogP contribution in [0.4, 0.5) is 5.69 Å². The van der Waals surface area contributed by atoms with E-state index in [0.717, 1.165) is 0 Å². The van der Waals surface area contributed by atoms with E-state index in [1.807, 2.05) is 0 Å². The number of nitrogens with zero attached hydrogens (tertiary/aromatic N) is 3. The van der Waals surface area contributed by atoms with E-state index in [9.17, 15) is 9.59 Å². The van der Waals surface area contributed by atoms with Gasteiger partial charge in [-0.25, -0.2) is 4.68 Å². The number of rotatable bonds is 5. The van der Waals surface area contributed by atoms with Crippen molar-refractivity contribution in [3.05, 3.63) is 75.7 Å². The minimum absolute atomic E-state index is 0.251. The van der Waals surface area contributed by atoms with Gasteiger partial charge >= 0.3 is 0 Å². The van der Waals surface area contributed by atoms with Crippen molar-refractivity contribution in [3.8, 4) is 17.2 Å². The quantitative estimate of drug-likeness (QED) is 0.644. The van der Waals surface area contributed by atoms with E-state index in [1.54, 1.807) is 82.7 Å². The monoisotopic (exact) mass is 418 g/mol. The number of aromatic amines is 1. The fraction of sp³-hybridized carbons (Fsp3) is 0.174. The Bertz CT molecular complexity index is 1250. The van der Waals surface area contributed by atoms with E-state index in [1.165, 1.54) is 9.69 Å². The first-order valence-electron chi connectivity index (χ1n) is 9.64. The lowest BCUT2D eigenvalue weighted by Gasteiger charge is -2.12. The minimum Gasteiger partial charge on any atom is -0.497 e. The summed E-state index contributed by atoms with van der Waals surface area (Å²) in [6, 6.07) is 14.2. The Labute approximate surface area is 179 Å². The van der Waals surface area contributed by atoms with Crippen LogP contribution in [0.1, 0.15) is 18.2 Å². The predicted molar refractivity (Wildman–Crippen MR) is 119 cm³/mol. The zero-order valence-electron chi connectivity index (χ0n) is 17.7. The second kappa shape index (κ2) is 7.98. The van der Waals surface area contributed by atoms with Crippen molar-refractivity contribution < 1.29 is 14.3 Å². The van der Waals surface area contributed by atoms with Gasteiger partial charge in [-0.1, -0.05) is 0 Å². The van der Waals surface area contributed by atoms with E-state index in [2.05, 4.69) is 10.2 Å². The van der Waals surface area contributed by atoms with Gasteiger partial charge in [0.2, 0.25) is 0 Å². The highest BCUT2D eigenvalue weighted by Gasteiger charge is 2.29. The highest BCUT2D eigenvalue weighted by molar-refractivity contribution is 6.32. The number of hydrogen-bond donors (Lipinski definition) is 1. The zero-order valence-corrected chi connectivity index (χ0v) is 17.7. The molecule has 2 heterocycles. The number of carbonyl (C=O) groups excluding carboxylic acids is 1. The lowest BCUT2D eigenvalue weighted by atomic mass is 10.1. The standard InChI is InChI=1S/C23H22N4O4/c1-14-20(22(28)26(24-14)16-5-9-18(30-3)10-6-16)13-21-15(2)25-27(23(21)29)17-7-11-19(31-4)12-8-17/h5-13,24H,1-4H3/b21-13+. The van der Waals surface area contributed by atoms with Crippen molar-refractivity contribution in [3.63, 3.8) is 0 Å². The van der Waals surface area contributed by atoms with Crippen LogP contribution in [0.2, 0.25) is 0 Å². The lowest BCUT2D eigenvalue weighted by molar-refractivity contribution is -0.114. The molecular formula is C23H22N4O4. The van der Waals surface area contributed by atoms with E-state index >= 15 is 0 Å². The van der Waals surface area contributed by atoms with Crippen molar-refractivity contribution in [2.45, 2.75) is 13.8 Å². The summed E-state index contributed by atoms with van der Waals surface area (Å²) in [6.07, 6.45) is 1.60. The van der Waals surface area contributed by atoms with Crippen molar-refractivity contribution in [2.24, 2.45) is 5.10 Å². The van der Waals surface area contributed by atoms with Crippen molar-refractivity contribution in [1.82, 2.24) is 9.78 Å². The Hall–Kier alpha value is -4.07. The van der Waals surface area contributed by atoms with Crippen LogP contribution in [0, 0.1) is 6.92 Å². The van der Waals surface area contributed by atoms with Gasteiger partial charge in [-0.05, 0) is 68.5 Å². The van der Waals surface area contributed by atoms with Gasteiger partial charge in [-0.3, -0.25) is 14.7 Å². The minimum atomic E-state index is -0.293. The number of hydrazone groups is 1. The summed E-state index contributed by atoms with van der Waals surface area (Å²) < 4.78 is 11.8. The lowest BCUT2D eigenvalue weighted by Crippen LogP contribution is -2.21.